The lowest BCUT2D eigenvalue weighted by molar-refractivity contribution is -0.131. The van der Waals surface area contributed by atoms with Gasteiger partial charge in [0, 0.05) is 23.2 Å². The molecule has 0 radical (unpaired) electrons. The van der Waals surface area contributed by atoms with Crippen LogP contribution in [0.4, 0.5) is 0 Å². The third kappa shape index (κ3) is 4.93. The Kier molecular flexibility index (Phi) is 7.05. The van der Waals surface area contributed by atoms with Crippen molar-refractivity contribution in [2.45, 2.75) is 27.1 Å². The van der Waals surface area contributed by atoms with Crippen molar-refractivity contribution in [1.82, 2.24) is 5.32 Å². The van der Waals surface area contributed by atoms with Gasteiger partial charge in [-0.05, 0) is 38.5 Å². The fraction of sp³-hybridized carbons (Fsp3) is 0.500. The van der Waals surface area contributed by atoms with Gasteiger partial charge in [0.2, 0.25) is 0 Å². The van der Waals surface area contributed by atoms with E-state index in [0.29, 0.717) is 25.3 Å². The molecule has 0 aliphatic rings. The molecule has 0 bridgehead atoms. The molecule has 1 amide bonds. The van der Waals surface area contributed by atoms with Crippen LogP contribution in [-0.4, -0.2) is 32.0 Å². The summed E-state index contributed by atoms with van der Waals surface area (Å²) in [7, 11) is 0. The van der Waals surface area contributed by atoms with Gasteiger partial charge in [-0.3, -0.25) is 4.79 Å². The number of rotatable bonds is 7. The summed E-state index contributed by atoms with van der Waals surface area (Å²) in [5.74, 6) is -0.122. The minimum absolute atomic E-state index is 0.122. The number of benzene rings is 1. The van der Waals surface area contributed by atoms with Crippen molar-refractivity contribution in [1.29, 1.82) is 0 Å². The van der Waals surface area contributed by atoms with Crippen LogP contribution in [0, 0.1) is 6.92 Å². The minimum Gasteiger partial charge on any atom is -0.351 e. The predicted molar refractivity (Wildman–Crippen MR) is 78.3 cm³/mol. The Hall–Kier alpha value is -0.910. The van der Waals surface area contributed by atoms with Crippen LogP contribution in [0.3, 0.4) is 0 Å². The highest BCUT2D eigenvalue weighted by Crippen LogP contribution is 2.19. The largest absolute Gasteiger partial charge is 0.351 e. The van der Waals surface area contributed by atoms with E-state index < -0.39 is 6.29 Å². The van der Waals surface area contributed by atoms with E-state index in [0.717, 1.165) is 10.0 Å². The second-order valence-corrected chi connectivity index (χ2v) is 4.82. The zero-order chi connectivity index (χ0) is 14.3. The normalized spacial score (nSPS) is 10.8. The molecular formula is C14H20BrNO3. The van der Waals surface area contributed by atoms with Crippen molar-refractivity contribution >= 4 is 21.8 Å². The Morgan fingerprint density at radius 2 is 1.95 bits per heavy atom. The number of halogens is 1. The van der Waals surface area contributed by atoms with E-state index in [1.54, 1.807) is 6.07 Å². The Morgan fingerprint density at radius 3 is 2.53 bits per heavy atom. The molecule has 1 aromatic carbocycles. The van der Waals surface area contributed by atoms with Crippen molar-refractivity contribution < 1.29 is 14.3 Å². The number of ether oxygens (including phenoxy) is 2. The van der Waals surface area contributed by atoms with Gasteiger partial charge in [-0.15, -0.1) is 0 Å². The molecule has 0 spiro atoms. The summed E-state index contributed by atoms with van der Waals surface area (Å²) in [6.45, 7) is 7.14. The average molecular weight is 330 g/mol. The molecular weight excluding hydrogens is 310 g/mol. The molecule has 0 aromatic heterocycles. The van der Waals surface area contributed by atoms with Crippen molar-refractivity contribution in [3.05, 3.63) is 33.8 Å². The van der Waals surface area contributed by atoms with E-state index in [2.05, 4.69) is 21.2 Å². The summed E-state index contributed by atoms with van der Waals surface area (Å²) in [6, 6.07) is 5.55. The van der Waals surface area contributed by atoms with E-state index >= 15 is 0 Å². The van der Waals surface area contributed by atoms with Gasteiger partial charge in [0.25, 0.3) is 5.91 Å². The van der Waals surface area contributed by atoms with Gasteiger partial charge in [-0.25, -0.2) is 0 Å². The highest BCUT2D eigenvalue weighted by molar-refractivity contribution is 9.10. The minimum atomic E-state index is -0.397. The van der Waals surface area contributed by atoms with Gasteiger partial charge in [0.05, 0.1) is 6.54 Å². The van der Waals surface area contributed by atoms with Crippen LogP contribution in [0.2, 0.25) is 0 Å². The molecule has 5 heteroatoms. The first-order chi connectivity index (χ1) is 9.10. The van der Waals surface area contributed by atoms with Crippen LogP contribution in [0.5, 0.6) is 0 Å². The number of carbonyl (C=O) groups is 1. The number of nitrogens with one attached hydrogen (secondary N) is 1. The fourth-order valence-electron chi connectivity index (χ4n) is 1.66. The van der Waals surface area contributed by atoms with Crippen LogP contribution in [0.25, 0.3) is 0 Å². The second kappa shape index (κ2) is 8.30. The van der Waals surface area contributed by atoms with Gasteiger partial charge >= 0.3 is 0 Å². The van der Waals surface area contributed by atoms with Crippen LogP contribution in [-0.2, 0) is 9.47 Å². The molecule has 0 atom stereocenters. The van der Waals surface area contributed by atoms with Gasteiger partial charge in [0.15, 0.2) is 6.29 Å². The van der Waals surface area contributed by atoms with Crippen molar-refractivity contribution in [2.24, 2.45) is 0 Å². The molecule has 0 unspecified atom stereocenters. The van der Waals surface area contributed by atoms with Crippen molar-refractivity contribution in [3.63, 3.8) is 0 Å². The molecule has 0 saturated carbocycles. The van der Waals surface area contributed by atoms with Gasteiger partial charge in [-0.1, -0.05) is 22.0 Å². The topological polar surface area (TPSA) is 47.6 Å². The Morgan fingerprint density at radius 1 is 1.32 bits per heavy atom. The van der Waals surface area contributed by atoms with Crippen LogP contribution >= 0.6 is 15.9 Å². The lowest BCUT2D eigenvalue weighted by Gasteiger charge is -2.17. The third-order valence-corrected chi connectivity index (χ3v) is 3.51. The van der Waals surface area contributed by atoms with Crippen LogP contribution in [0.15, 0.2) is 22.7 Å². The van der Waals surface area contributed by atoms with E-state index in [1.807, 2.05) is 32.9 Å². The molecule has 0 aliphatic carbocycles. The Labute approximate surface area is 122 Å². The first-order valence-corrected chi connectivity index (χ1v) is 7.15. The maximum Gasteiger partial charge on any atom is 0.251 e. The van der Waals surface area contributed by atoms with Crippen LogP contribution in [0.1, 0.15) is 29.8 Å². The number of amides is 1. The quantitative estimate of drug-likeness (QED) is 0.782. The Bertz CT molecular complexity index is 417. The molecule has 0 fully saturated rings. The third-order valence-electron chi connectivity index (χ3n) is 2.65. The number of hydrogen-bond donors (Lipinski definition) is 1. The van der Waals surface area contributed by atoms with Gasteiger partial charge < -0.3 is 14.8 Å². The van der Waals surface area contributed by atoms with E-state index in [-0.39, 0.29) is 5.91 Å². The zero-order valence-electron chi connectivity index (χ0n) is 11.5. The first kappa shape index (κ1) is 16.1. The van der Waals surface area contributed by atoms with Crippen molar-refractivity contribution in [2.75, 3.05) is 19.8 Å². The van der Waals surface area contributed by atoms with E-state index in [9.17, 15) is 4.79 Å². The molecule has 0 aliphatic heterocycles. The monoisotopic (exact) mass is 329 g/mol. The molecule has 1 rings (SSSR count). The van der Waals surface area contributed by atoms with Gasteiger partial charge in [-0.2, -0.15) is 0 Å². The van der Waals surface area contributed by atoms with E-state index in [4.69, 9.17) is 9.47 Å². The maximum atomic E-state index is 12.1. The number of hydrogen-bond acceptors (Lipinski definition) is 3. The fourth-order valence-corrected chi connectivity index (χ4v) is 2.03. The molecule has 0 saturated heterocycles. The van der Waals surface area contributed by atoms with E-state index in [1.165, 1.54) is 0 Å². The smallest absolute Gasteiger partial charge is 0.251 e. The van der Waals surface area contributed by atoms with Crippen molar-refractivity contribution in [3.8, 4) is 0 Å². The molecule has 1 N–H and O–H groups in total. The summed E-state index contributed by atoms with van der Waals surface area (Å²) >= 11 is 3.41. The molecule has 4 nitrogen and oxygen atoms in total. The summed E-state index contributed by atoms with van der Waals surface area (Å²) < 4.78 is 11.7. The SMILES string of the molecule is CCOC(CNC(=O)c1cccc(Br)c1C)OCC. The summed E-state index contributed by atoms with van der Waals surface area (Å²) in [6.07, 6.45) is -0.397. The molecule has 1 aromatic rings. The zero-order valence-corrected chi connectivity index (χ0v) is 13.1. The standard InChI is InChI=1S/C14H20BrNO3/c1-4-18-13(19-5-2)9-16-14(17)11-7-6-8-12(15)10(11)3/h6-8,13H,4-5,9H2,1-3H3,(H,16,17). The maximum absolute atomic E-state index is 12.1. The van der Waals surface area contributed by atoms with Gasteiger partial charge in [0.1, 0.15) is 0 Å². The summed E-state index contributed by atoms with van der Waals surface area (Å²) in [5, 5.41) is 2.83. The summed E-state index contributed by atoms with van der Waals surface area (Å²) in [4.78, 5) is 12.1. The first-order valence-electron chi connectivity index (χ1n) is 6.36. The molecule has 106 valence electrons. The lowest BCUT2D eigenvalue weighted by Crippen LogP contribution is -2.35. The highest BCUT2D eigenvalue weighted by Gasteiger charge is 2.13. The predicted octanol–water partition coefficient (Wildman–Crippen LogP) is 2.89. The number of carbonyl (C=O) groups excluding carboxylic acids is 1. The average Bonchev–Trinajstić information content (AvgIpc) is 2.39. The Balaban J connectivity index is 2.61. The van der Waals surface area contributed by atoms with Crippen LogP contribution < -0.4 is 5.32 Å². The highest BCUT2D eigenvalue weighted by atomic mass is 79.9. The lowest BCUT2D eigenvalue weighted by atomic mass is 10.1. The molecule has 0 heterocycles. The summed E-state index contributed by atoms with van der Waals surface area (Å²) in [5.41, 5.74) is 1.57. The molecule has 19 heavy (non-hydrogen) atoms. The second-order valence-electron chi connectivity index (χ2n) is 3.96.